The van der Waals surface area contributed by atoms with Gasteiger partial charge in [0.05, 0.1) is 10.8 Å². The smallest absolute Gasteiger partial charge is 0.347 e. The van der Waals surface area contributed by atoms with Gasteiger partial charge in [-0.05, 0) is 54.5 Å². The molecule has 0 radical (unpaired) electrons. The van der Waals surface area contributed by atoms with Crippen LogP contribution >= 0.6 is 0 Å². The molecule has 0 unspecified atom stereocenters. The van der Waals surface area contributed by atoms with Crippen LogP contribution in [0.3, 0.4) is 0 Å². The fourth-order valence-corrected chi connectivity index (χ4v) is 5.71. The zero-order valence-corrected chi connectivity index (χ0v) is 19.1. The predicted octanol–water partition coefficient (Wildman–Crippen LogP) is 6.13. The van der Waals surface area contributed by atoms with Crippen LogP contribution in [0.2, 0.25) is 0 Å². The lowest BCUT2D eigenvalue weighted by atomic mass is 9.97. The Kier molecular flexibility index (Phi) is 5.88. The lowest BCUT2D eigenvalue weighted by Crippen LogP contribution is -2.29. The second kappa shape index (κ2) is 8.23. The van der Waals surface area contributed by atoms with Crippen molar-refractivity contribution >= 4 is 20.9 Å². The van der Waals surface area contributed by atoms with Crippen molar-refractivity contribution in [2.24, 2.45) is 5.92 Å². The van der Waals surface area contributed by atoms with E-state index < -0.39 is 27.8 Å². The highest BCUT2D eigenvalue weighted by atomic mass is 32.2. The second-order valence-electron chi connectivity index (χ2n) is 8.99. The molecule has 0 bridgehead atoms. The molecule has 1 saturated carbocycles. The fraction of sp³-hybridized carbons (Fsp3) is 0.417. The van der Waals surface area contributed by atoms with E-state index in [4.69, 9.17) is 0 Å². The number of rotatable bonds is 7. The van der Waals surface area contributed by atoms with E-state index in [2.05, 4.69) is 18.6 Å². The number of benzene rings is 2. The molecule has 32 heavy (non-hydrogen) atoms. The normalized spacial score (nSPS) is 16.1. The Morgan fingerprint density at radius 2 is 1.78 bits per heavy atom. The molecule has 1 fully saturated rings. The minimum Gasteiger partial charge on any atom is -0.347 e. The topological polar surface area (TPSA) is 51.1 Å². The molecule has 0 saturated heterocycles. The van der Waals surface area contributed by atoms with Gasteiger partial charge in [0.1, 0.15) is 0 Å². The summed E-state index contributed by atoms with van der Waals surface area (Å²) in [6.07, 6.45) is -1.17. The molecule has 172 valence electrons. The molecule has 4 nitrogen and oxygen atoms in total. The minimum absolute atomic E-state index is 0.128. The molecular formula is C24H27F3N2O2S. The molecule has 1 heterocycles. The maximum atomic E-state index is 13.6. The van der Waals surface area contributed by atoms with Crippen molar-refractivity contribution < 1.29 is 21.6 Å². The highest BCUT2D eigenvalue weighted by Gasteiger charge is 2.37. The lowest BCUT2D eigenvalue weighted by molar-refractivity contribution is -0.137. The Bertz CT molecular complexity index is 1240. The first kappa shape index (κ1) is 22.9. The van der Waals surface area contributed by atoms with Crippen molar-refractivity contribution in [2.45, 2.75) is 57.6 Å². The van der Waals surface area contributed by atoms with Gasteiger partial charge in [0.15, 0.2) is 0 Å². The van der Waals surface area contributed by atoms with Crippen LogP contribution in [0.25, 0.3) is 22.0 Å². The number of aromatic nitrogens is 1. The molecule has 1 aliphatic rings. The van der Waals surface area contributed by atoms with Crippen molar-refractivity contribution in [3.63, 3.8) is 0 Å². The summed E-state index contributed by atoms with van der Waals surface area (Å²) in [5.41, 5.74) is 1.54. The van der Waals surface area contributed by atoms with Crippen LogP contribution in [0, 0.1) is 5.92 Å². The van der Waals surface area contributed by atoms with Crippen molar-refractivity contribution in [1.82, 2.24) is 9.29 Å². The number of nitrogens with zero attached hydrogens (tertiary/aromatic N) is 1. The molecule has 1 atom stereocenters. The van der Waals surface area contributed by atoms with Gasteiger partial charge < -0.3 is 4.57 Å². The molecular weight excluding hydrogens is 437 g/mol. The van der Waals surface area contributed by atoms with Crippen molar-refractivity contribution in [1.29, 1.82) is 0 Å². The number of sulfonamides is 1. The van der Waals surface area contributed by atoms with E-state index in [1.54, 1.807) is 31.2 Å². The lowest BCUT2D eigenvalue weighted by Gasteiger charge is -2.14. The van der Waals surface area contributed by atoms with Gasteiger partial charge in [-0.25, -0.2) is 13.1 Å². The third kappa shape index (κ3) is 4.57. The van der Waals surface area contributed by atoms with Crippen LogP contribution in [0.15, 0.2) is 48.7 Å². The van der Waals surface area contributed by atoms with Crippen LogP contribution in [-0.2, 0) is 22.7 Å². The standard InChI is InChI=1S/C24H27F3N2O2S/c1-15(2)13-29-14-21(16(3)28-32(30,31)18-9-10-18)20-11-8-17(12-23(20)29)19-6-4-5-7-22(19)24(25,26)27/h4-8,11-12,14-16,18,28H,9-10,13H2,1-3H3/t16-/m1/s1. The van der Waals surface area contributed by atoms with E-state index in [0.29, 0.717) is 30.9 Å². The molecule has 1 aromatic heterocycles. The van der Waals surface area contributed by atoms with Gasteiger partial charge in [0, 0.05) is 29.7 Å². The predicted molar refractivity (Wildman–Crippen MR) is 121 cm³/mol. The van der Waals surface area contributed by atoms with Gasteiger partial charge in [-0.2, -0.15) is 13.2 Å². The summed E-state index contributed by atoms with van der Waals surface area (Å²) in [7, 11) is -3.37. The van der Waals surface area contributed by atoms with Crippen LogP contribution in [0.4, 0.5) is 13.2 Å². The molecule has 4 rings (SSSR count). The maximum absolute atomic E-state index is 13.6. The summed E-state index contributed by atoms with van der Waals surface area (Å²) in [4.78, 5) is 0. The Balaban J connectivity index is 1.81. The van der Waals surface area contributed by atoms with Crippen LogP contribution in [0.5, 0.6) is 0 Å². The van der Waals surface area contributed by atoms with E-state index >= 15 is 0 Å². The SMILES string of the molecule is CC(C)Cn1cc([C@@H](C)NS(=O)(=O)C2CC2)c2ccc(-c3ccccc3C(F)(F)F)cc21. The number of hydrogen-bond donors (Lipinski definition) is 1. The first-order chi connectivity index (χ1) is 15.0. The van der Waals surface area contributed by atoms with Crippen molar-refractivity contribution in [3.8, 4) is 11.1 Å². The van der Waals surface area contributed by atoms with Gasteiger partial charge >= 0.3 is 6.18 Å². The zero-order valence-electron chi connectivity index (χ0n) is 18.3. The number of halogens is 3. The first-order valence-electron chi connectivity index (χ1n) is 10.8. The maximum Gasteiger partial charge on any atom is 0.417 e. The van der Waals surface area contributed by atoms with E-state index in [-0.39, 0.29) is 10.8 Å². The molecule has 0 aliphatic heterocycles. The fourth-order valence-electron chi connectivity index (χ4n) is 4.14. The Morgan fingerprint density at radius 1 is 1.09 bits per heavy atom. The van der Waals surface area contributed by atoms with Crippen LogP contribution in [-0.4, -0.2) is 18.2 Å². The summed E-state index contributed by atoms with van der Waals surface area (Å²) in [5, 5.41) is 0.518. The molecule has 0 amide bonds. The number of nitrogens with one attached hydrogen (secondary N) is 1. The van der Waals surface area contributed by atoms with Crippen LogP contribution in [0.1, 0.15) is 50.8 Å². The van der Waals surface area contributed by atoms with Gasteiger partial charge in [0.25, 0.3) is 0 Å². The van der Waals surface area contributed by atoms with Gasteiger partial charge in [0.2, 0.25) is 10.0 Å². The van der Waals surface area contributed by atoms with Gasteiger partial charge in [-0.15, -0.1) is 0 Å². The Labute approximate surface area is 186 Å². The summed E-state index contributed by atoms with van der Waals surface area (Å²) >= 11 is 0. The number of hydrogen-bond acceptors (Lipinski definition) is 2. The quantitative estimate of drug-likeness (QED) is 0.458. The molecule has 8 heteroatoms. The Morgan fingerprint density at radius 3 is 2.41 bits per heavy atom. The number of alkyl halides is 3. The highest BCUT2D eigenvalue weighted by Crippen LogP contribution is 2.39. The highest BCUT2D eigenvalue weighted by molar-refractivity contribution is 7.90. The first-order valence-corrected chi connectivity index (χ1v) is 12.3. The summed E-state index contributed by atoms with van der Waals surface area (Å²) < 4.78 is 70.4. The Hall–Kier alpha value is -2.32. The average molecular weight is 465 g/mol. The van der Waals surface area contributed by atoms with E-state index in [0.717, 1.165) is 22.5 Å². The van der Waals surface area contributed by atoms with Crippen LogP contribution < -0.4 is 4.72 Å². The zero-order chi connectivity index (χ0) is 23.3. The van der Waals surface area contributed by atoms with Gasteiger partial charge in [-0.3, -0.25) is 0 Å². The summed E-state index contributed by atoms with van der Waals surface area (Å²) in [5.74, 6) is 0.308. The molecule has 1 N–H and O–H groups in total. The molecule has 1 aliphatic carbocycles. The molecule has 0 spiro atoms. The average Bonchev–Trinajstić information content (AvgIpc) is 3.51. The minimum atomic E-state index is -4.45. The van der Waals surface area contributed by atoms with E-state index in [9.17, 15) is 21.6 Å². The van der Waals surface area contributed by atoms with Crippen molar-refractivity contribution in [2.75, 3.05) is 0 Å². The third-order valence-corrected chi connectivity index (χ3v) is 7.82. The largest absolute Gasteiger partial charge is 0.417 e. The summed E-state index contributed by atoms with van der Waals surface area (Å²) in [6.45, 7) is 6.60. The molecule has 3 aromatic rings. The third-order valence-electron chi connectivity index (χ3n) is 5.79. The second-order valence-corrected chi connectivity index (χ2v) is 11.0. The summed E-state index contributed by atoms with van der Waals surface area (Å²) in [6, 6.07) is 10.4. The monoisotopic (exact) mass is 464 g/mol. The van der Waals surface area contributed by atoms with E-state index in [1.165, 1.54) is 12.1 Å². The number of fused-ring (bicyclic) bond motifs is 1. The van der Waals surface area contributed by atoms with E-state index in [1.807, 2.05) is 10.8 Å². The van der Waals surface area contributed by atoms with Crippen molar-refractivity contribution in [3.05, 3.63) is 59.8 Å². The van der Waals surface area contributed by atoms with Gasteiger partial charge in [-0.1, -0.05) is 44.2 Å². The molecule has 2 aromatic carbocycles.